The van der Waals surface area contributed by atoms with E-state index in [1.807, 2.05) is 13.8 Å². The molecule has 1 heterocycles. The molecule has 0 aromatic rings. The van der Waals surface area contributed by atoms with Gasteiger partial charge < -0.3 is 9.84 Å². The minimum atomic E-state index is -1.89. The van der Waals surface area contributed by atoms with E-state index in [1.54, 1.807) is 0 Å². The van der Waals surface area contributed by atoms with Crippen LogP contribution in [0.5, 0.6) is 0 Å². The summed E-state index contributed by atoms with van der Waals surface area (Å²) in [6.07, 6.45) is 10.5. The molecule has 186 valence electrons. The zero-order valence-electron chi connectivity index (χ0n) is 22.1. The maximum Gasteiger partial charge on any atom is 0.235 e. The minimum absolute atomic E-state index is 0.0536. The Bertz CT molecular complexity index is 1060. The van der Waals surface area contributed by atoms with Crippen LogP contribution in [0.2, 0.25) is 0 Å². The lowest BCUT2D eigenvalue weighted by molar-refractivity contribution is -0.328. The summed E-state index contributed by atoms with van der Waals surface area (Å²) in [5.74, 6) is -2.34. The Morgan fingerprint density at radius 1 is 1.15 bits per heavy atom. The Hall–Kier alpha value is -1.26. The fourth-order valence-electron chi connectivity index (χ4n) is 10.9. The highest BCUT2D eigenvalue weighted by Crippen LogP contribution is 2.84. The summed E-state index contributed by atoms with van der Waals surface area (Å²) in [4.78, 5) is 29.7. The summed E-state index contributed by atoms with van der Waals surface area (Å²) >= 11 is 0. The molecule has 1 aliphatic heterocycles. The van der Waals surface area contributed by atoms with Crippen molar-refractivity contribution in [2.45, 2.75) is 105 Å². The van der Waals surface area contributed by atoms with Crippen molar-refractivity contribution < 1.29 is 19.4 Å². The van der Waals surface area contributed by atoms with Gasteiger partial charge in [0.2, 0.25) is 11.6 Å². The summed E-state index contributed by atoms with van der Waals surface area (Å²) in [5, 5.41) is 12.7. The van der Waals surface area contributed by atoms with Gasteiger partial charge in [-0.1, -0.05) is 57.4 Å². The Labute approximate surface area is 204 Å². The second-order valence-electron chi connectivity index (χ2n) is 14.1. The van der Waals surface area contributed by atoms with Gasteiger partial charge in [0, 0.05) is 11.3 Å². The number of ketones is 2. The fourth-order valence-corrected chi connectivity index (χ4v) is 10.9. The van der Waals surface area contributed by atoms with Gasteiger partial charge >= 0.3 is 0 Å². The first kappa shape index (κ1) is 23.2. The van der Waals surface area contributed by atoms with Crippen molar-refractivity contribution in [2.75, 3.05) is 0 Å². The monoisotopic (exact) mass is 466 g/mol. The molecule has 7 aliphatic rings. The molecule has 7 rings (SSSR count). The highest BCUT2D eigenvalue weighted by molar-refractivity contribution is 6.18. The second kappa shape index (κ2) is 6.35. The number of Topliss-reactive ketones (excluding diaryl/α,β-unsaturated/α-hetero) is 2. The predicted molar refractivity (Wildman–Crippen MR) is 131 cm³/mol. The zero-order chi connectivity index (χ0) is 24.7. The standard InChI is InChI=1S/C30H42O4/c1-17(2)15-20-22-19(5)9-13-26-14-10-21-25(6,7)11-8-12-27(21)16-28(22,26)30(33,34-27)24(32)29(20,18(3)4)23(26)31/h9,15,18,20-22,33H,8,10-14,16H2,1-7H3/t20?,21-,22?,26+,27-,28-,29?,30-/m0/s1. The molecule has 6 fully saturated rings. The van der Waals surface area contributed by atoms with Gasteiger partial charge in [-0.15, -0.1) is 0 Å². The normalized spacial score (nSPS) is 52.3. The van der Waals surface area contributed by atoms with Gasteiger partial charge in [0.05, 0.1) is 11.0 Å². The van der Waals surface area contributed by atoms with Crippen LogP contribution in [0.1, 0.15) is 93.4 Å². The van der Waals surface area contributed by atoms with E-state index in [0.717, 1.165) is 37.7 Å². The van der Waals surface area contributed by atoms with E-state index < -0.39 is 27.6 Å². The molecular formula is C30H42O4. The molecule has 0 aromatic heterocycles. The summed E-state index contributed by atoms with van der Waals surface area (Å²) in [5.41, 5.74) is -0.952. The topological polar surface area (TPSA) is 63.6 Å². The van der Waals surface area contributed by atoms with Gasteiger partial charge in [-0.2, -0.15) is 0 Å². The Balaban J connectivity index is 1.73. The van der Waals surface area contributed by atoms with Crippen molar-refractivity contribution in [3.63, 3.8) is 0 Å². The van der Waals surface area contributed by atoms with Crippen LogP contribution in [0.25, 0.3) is 0 Å². The summed E-state index contributed by atoms with van der Waals surface area (Å²) in [6, 6.07) is 0. The molecule has 34 heavy (non-hydrogen) atoms. The second-order valence-corrected chi connectivity index (χ2v) is 14.1. The summed E-state index contributed by atoms with van der Waals surface area (Å²) in [7, 11) is 0. The van der Waals surface area contributed by atoms with Gasteiger partial charge in [-0.25, -0.2) is 0 Å². The molecule has 8 atom stereocenters. The third kappa shape index (κ3) is 2.07. The maximum atomic E-state index is 15.0. The molecule has 5 saturated carbocycles. The van der Waals surface area contributed by atoms with Gasteiger partial charge in [0.1, 0.15) is 5.41 Å². The highest BCUT2D eigenvalue weighted by atomic mass is 16.7. The molecule has 0 aromatic carbocycles. The van der Waals surface area contributed by atoms with Crippen LogP contribution < -0.4 is 0 Å². The number of ether oxygens (including phenoxy) is 1. The van der Waals surface area contributed by atoms with Gasteiger partial charge in [0.25, 0.3) is 0 Å². The summed E-state index contributed by atoms with van der Waals surface area (Å²) < 4.78 is 6.95. The van der Waals surface area contributed by atoms with Crippen molar-refractivity contribution in [3.8, 4) is 0 Å². The van der Waals surface area contributed by atoms with Crippen molar-refractivity contribution in [1.82, 2.24) is 0 Å². The lowest BCUT2D eigenvalue weighted by Gasteiger charge is -2.72. The third-order valence-corrected chi connectivity index (χ3v) is 11.8. The molecule has 1 saturated heterocycles. The molecule has 4 heteroatoms. The molecule has 5 bridgehead atoms. The van der Waals surface area contributed by atoms with E-state index in [4.69, 9.17) is 4.74 Å². The maximum absolute atomic E-state index is 15.0. The van der Waals surface area contributed by atoms with E-state index in [9.17, 15) is 14.7 Å². The summed E-state index contributed by atoms with van der Waals surface area (Å²) in [6.45, 7) is 15.0. The van der Waals surface area contributed by atoms with E-state index in [1.165, 1.54) is 5.57 Å². The van der Waals surface area contributed by atoms with Crippen molar-refractivity contribution in [2.24, 2.45) is 45.3 Å². The number of carbonyl (C=O) groups excluding carboxylic acids is 2. The van der Waals surface area contributed by atoms with Crippen LogP contribution in [0.15, 0.2) is 23.3 Å². The minimum Gasteiger partial charge on any atom is -0.359 e. The van der Waals surface area contributed by atoms with Crippen LogP contribution in [0.3, 0.4) is 0 Å². The third-order valence-electron chi connectivity index (χ3n) is 11.8. The number of carbonyl (C=O) groups is 2. The van der Waals surface area contributed by atoms with Crippen LogP contribution in [0.4, 0.5) is 0 Å². The van der Waals surface area contributed by atoms with E-state index >= 15 is 0 Å². The predicted octanol–water partition coefficient (Wildman–Crippen LogP) is 5.78. The lowest BCUT2D eigenvalue weighted by Crippen LogP contribution is -2.84. The van der Waals surface area contributed by atoms with E-state index in [2.05, 4.69) is 46.8 Å². The quantitative estimate of drug-likeness (QED) is 0.414. The van der Waals surface area contributed by atoms with Crippen molar-refractivity contribution in [1.29, 1.82) is 0 Å². The molecule has 4 nitrogen and oxygen atoms in total. The lowest BCUT2D eigenvalue weighted by atomic mass is 9.28. The number of hydrogen-bond acceptors (Lipinski definition) is 4. The SMILES string of the molecule is CC(C)=CC1C2C(C)=CC[C@]34CC[C@H]5C(C)(C)CCC[C@]56C[C@]23[C@@](O)(O6)C(=O)C1(C(C)C)C4=O. The molecule has 1 N–H and O–H groups in total. The molecule has 0 amide bonds. The van der Waals surface area contributed by atoms with E-state index in [-0.39, 0.29) is 40.7 Å². The average molecular weight is 467 g/mol. The molecular weight excluding hydrogens is 424 g/mol. The zero-order valence-corrected chi connectivity index (χ0v) is 22.1. The van der Waals surface area contributed by atoms with Crippen LogP contribution >= 0.6 is 0 Å². The van der Waals surface area contributed by atoms with Gasteiger partial charge in [-0.05, 0) is 82.5 Å². The number of rotatable bonds is 2. The Kier molecular flexibility index (Phi) is 4.32. The van der Waals surface area contributed by atoms with Crippen LogP contribution in [0, 0.1) is 45.3 Å². The Morgan fingerprint density at radius 3 is 2.50 bits per heavy atom. The molecule has 6 aliphatic carbocycles. The number of allylic oxidation sites excluding steroid dienone is 4. The van der Waals surface area contributed by atoms with E-state index in [0.29, 0.717) is 12.8 Å². The smallest absolute Gasteiger partial charge is 0.235 e. The van der Waals surface area contributed by atoms with Crippen LogP contribution in [-0.4, -0.2) is 28.1 Å². The van der Waals surface area contributed by atoms with Crippen molar-refractivity contribution >= 4 is 11.6 Å². The fraction of sp³-hybridized carbons (Fsp3) is 0.800. The number of aliphatic hydroxyl groups is 1. The van der Waals surface area contributed by atoms with Gasteiger partial charge in [-0.3, -0.25) is 9.59 Å². The first-order valence-corrected chi connectivity index (χ1v) is 13.6. The highest BCUT2D eigenvalue weighted by Gasteiger charge is 2.92. The first-order valence-electron chi connectivity index (χ1n) is 13.6. The molecule has 2 spiro atoms. The van der Waals surface area contributed by atoms with Crippen LogP contribution in [-0.2, 0) is 14.3 Å². The average Bonchev–Trinajstić information content (AvgIpc) is 2.89. The van der Waals surface area contributed by atoms with Crippen molar-refractivity contribution in [3.05, 3.63) is 23.3 Å². The molecule has 3 unspecified atom stereocenters. The molecule has 0 radical (unpaired) electrons. The Morgan fingerprint density at radius 2 is 1.85 bits per heavy atom. The largest absolute Gasteiger partial charge is 0.359 e. The van der Waals surface area contributed by atoms with Gasteiger partial charge in [0.15, 0.2) is 5.78 Å². The first-order chi connectivity index (χ1) is 15.8. The number of hydrogen-bond donors (Lipinski definition) is 1.